The summed E-state index contributed by atoms with van der Waals surface area (Å²) in [4.78, 5) is 11.9. The number of rotatable bonds is 4. The first kappa shape index (κ1) is 16.2. The Morgan fingerprint density at radius 2 is 2.00 bits per heavy atom. The van der Waals surface area contributed by atoms with Crippen molar-refractivity contribution in [2.24, 2.45) is 0 Å². The molecule has 22 heavy (non-hydrogen) atoms. The summed E-state index contributed by atoms with van der Waals surface area (Å²) in [5.74, 6) is -0.0167. The molecule has 0 aromatic heterocycles. The fraction of sp³-hybridized carbons (Fsp3) is 0.125. The minimum Gasteiger partial charge on any atom is -0.482 e. The van der Waals surface area contributed by atoms with E-state index < -0.39 is 0 Å². The Morgan fingerprint density at radius 3 is 2.64 bits per heavy atom. The van der Waals surface area contributed by atoms with Gasteiger partial charge in [0.1, 0.15) is 5.75 Å². The molecule has 0 fully saturated rings. The van der Waals surface area contributed by atoms with Crippen LogP contribution in [0.25, 0.3) is 0 Å². The molecule has 0 saturated heterocycles. The number of carbonyl (C=O) groups excluding carboxylic acids is 1. The van der Waals surface area contributed by atoms with Crippen LogP contribution in [0.3, 0.4) is 0 Å². The molecule has 1 amide bonds. The van der Waals surface area contributed by atoms with Gasteiger partial charge in [0.2, 0.25) is 0 Å². The standard InChI is InChI=1S/C16H12Cl2N2O2/c1-10-2-4-14(12(17)6-10)20-16(21)9-22-15-5-3-11(8-19)7-13(15)18/h2-7H,9H2,1H3,(H,20,21). The van der Waals surface area contributed by atoms with Crippen molar-refractivity contribution in [1.29, 1.82) is 5.26 Å². The van der Waals surface area contributed by atoms with Crippen molar-refractivity contribution in [3.63, 3.8) is 0 Å². The Labute approximate surface area is 138 Å². The molecule has 2 aromatic rings. The summed E-state index contributed by atoms with van der Waals surface area (Å²) in [6.45, 7) is 1.70. The predicted octanol–water partition coefficient (Wildman–Crippen LogP) is 4.19. The number of hydrogen-bond donors (Lipinski definition) is 1. The summed E-state index contributed by atoms with van der Waals surface area (Å²) in [5.41, 5.74) is 1.95. The van der Waals surface area contributed by atoms with Crippen LogP contribution in [0.5, 0.6) is 5.75 Å². The van der Waals surface area contributed by atoms with Crippen molar-refractivity contribution >= 4 is 34.8 Å². The summed E-state index contributed by atoms with van der Waals surface area (Å²) in [6.07, 6.45) is 0. The number of aryl methyl sites for hydroxylation is 1. The lowest BCUT2D eigenvalue weighted by Gasteiger charge is -2.10. The number of nitrogens with zero attached hydrogens (tertiary/aromatic N) is 1. The highest BCUT2D eigenvalue weighted by atomic mass is 35.5. The zero-order valence-electron chi connectivity index (χ0n) is 11.7. The maximum absolute atomic E-state index is 11.9. The number of hydrogen-bond acceptors (Lipinski definition) is 3. The van der Waals surface area contributed by atoms with Gasteiger partial charge in [-0.15, -0.1) is 0 Å². The van der Waals surface area contributed by atoms with Gasteiger partial charge in [-0.2, -0.15) is 5.26 Å². The van der Waals surface area contributed by atoms with Crippen molar-refractivity contribution in [2.45, 2.75) is 6.92 Å². The highest BCUT2D eigenvalue weighted by molar-refractivity contribution is 6.33. The fourth-order valence-electron chi connectivity index (χ4n) is 1.74. The lowest BCUT2D eigenvalue weighted by atomic mass is 10.2. The van der Waals surface area contributed by atoms with Gasteiger partial charge < -0.3 is 10.1 Å². The van der Waals surface area contributed by atoms with Crippen LogP contribution in [0, 0.1) is 18.3 Å². The Kier molecular flexibility index (Phi) is 5.26. The second kappa shape index (κ2) is 7.17. The fourth-order valence-corrected chi connectivity index (χ4v) is 2.26. The number of nitrogens with one attached hydrogen (secondary N) is 1. The summed E-state index contributed by atoms with van der Waals surface area (Å²) < 4.78 is 5.34. The zero-order valence-corrected chi connectivity index (χ0v) is 13.2. The van der Waals surface area contributed by atoms with Gasteiger partial charge in [-0.25, -0.2) is 0 Å². The number of benzene rings is 2. The molecule has 6 heteroatoms. The highest BCUT2D eigenvalue weighted by Crippen LogP contribution is 2.26. The van der Waals surface area contributed by atoms with E-state index in [1.807, 2.05) is 19.1 Å². The molecule has 0 radical (unpaired) electrons. The van der Waals surface area contributed by atoms with Gasteiger partial charge in [-0.3, -0.25) is 4.79 Å². The number of ether oxygens (including phenoxy) is 1. The Morgan fingerprint density at radius 1 is 1.23 bits per heavy atom. The van der Waals surface area contributed by atoms with E-state index in [0.717, 1.165) is 5.56 Å². The molecule has 0 atom stereocenters. The Hall–Kier alpha value is -2.22. The van der Waals surface area contributed by atoms with Gasteiger partial charge in [0, 0.05) is 0 Å². The molecule has 0 unspecified atom stereocenters. The summed E-state index contributed by atoms with van der Waals surface area (Å²) >= 11 is 12.0. The number of amides is 1. The maximum atomic E-state index is 11.9. The van der Waals surface area contributed by atoms with Crippen LogP contribution in [0.15, 0.2) is 36.4 Å². The van der Waals surface area contributed by atoms with Crippen molar-refractivity contribution in [2.75, 3.05) is 11.9 Å². The minimum atomic E-state index is -0.355. The molecule has 0 aliphatic heterocycles. The van der Waals surface area contributed by atoms with Crippen LogP contribution in [0.1, 0.15) is 11.1 Å². The molecule has 0 heterocycles. The van der Waals surface area contributed by atoms with Crippen molar-refractivity contribution in [1.82, 2.24) is 0 Å². The molecule has 0 aliphatic carbocycles. The first-order valence-corrected chi connectivity index (χ1v) is 7.13. The van der Waals surface area contributed by atoms with Crippen molar-refractivity contribution < 1.29 is 9.53 Å². The molecule has 0 saturated carbocycles. The second-order valence-corrected chi connectivity index (χ2v) is 5.39. The summed E-state index contributed by atoms with van der Waals surface area (Å²) in [7, 11) is 0. The van der Waals surface area contributed by atoms with Crippen LogP contribution in [0.4, 0.5) is 5.69 Å². The molecule has 4 nitrogen and oxygen atoms in total. The molecule has 2 aromatic carbocycles. The van der Waals surface area contributed by atoms with E-state index >= 15 is 0 Å². The average Bonchev–Trinajstić information content (AvgIpc) is 2.48. The van der Waals surface area contributed by atoms with E-state index in [1.165, 1.54) is 6.07 Å². The maximum Gasteiger partial charge on any atom is 0.262 e. The smallest absolute Gasteiger partial charge is 0.262 e. The first-order chi connectivity index (χ1) is 10.5. The van der Waals surface area contributed by atoms with E-state index in [4.69, 9.17) is 33.2 Å². The zero-order chi connectivity index (χ0) is 16.1. The number of halogens is 2. The van der Waals surface area contributed by atoms with E-state index in [1.54, 1.807) is 24.3 Å². The van der Waals surface area contributed by atoms with Crippen LogP contribution < -0.4 is 10.1 Å². The molecule has 0 spiro atoms. The minimum absolute atomic E-state index is 0.212. The third-order valence-corrected chi connectivity index (χ3v) is 3.43. The third kappa shape index (κ3) is 4.14. The van der Waals surface area contributed by atoms with Gasteiger partial charge in [0.25, 0.3) is 5.91 Å². The summed E-state index contributed by atoms with van der Waals surface area (Å²) in [5, 5.41) is 12.2. The van der Waals surface area contributed by atoms with E-state index in [9.17, 15) is 4.79 Å². The molecule has 112 valence electrons. The number of carbonyl (C=O) groups is 1. The predicted molar refractivity (Wildman–Crippen MR) is 86.5 cm³/mol. The van der Waals surface area contributed by atoms with Crippen LogP contribution in [-0.4, -0.2) is 12.5 Å². The van der Waals surface area contributed by atoms with Crippen molar-refractivity contribution in [3.05, 3.63) is 57.6 Å². The molecule has 0 bridgehead atoms. The molecule has 0 aliphatic rings. The van der Waals surface area contributed by atoms with Crippen molar-refractivity contribution in [3.8, 4) is 11.8 Å². The van der Waals surface area contributed by atoms with E-state index in [0.29, 0.717) is 22.0 Å². The SMILES string of the molecule is Cc1ccc(NC(=O)COc2ccc(C#N)cc2Cl)c(Cl)c1. The van der Waals surface area contributed by atoms with E-state index in [2.05, 4.69) is 5.32 Å². The number of anilines is 1. The normalized spacial score (nSPS) is 9.91. The van der Waals surface area contributed by atoms with Gasteiger partial charge in [-0.1, -0.05) is 29.3 Å². The topological polar surface area (TPSA) is 62.1 Å². The van der Waals surface area contributed by atoms with E-state index in [-0.39, 0.29) is 17.5 Å². The first-order valence-electron chi connectivity index (χ1n) is 6.38. The lowest BCUT2D eigenvalue weighted by Crippen LogP contribution is -2.20. The second-order valence-electron chi connectivity index (χ2n) is 4.58. The van der Waals surface area contributed by atoms with Crippen LogP contribution >= 0.6 is 23.2 Å². The van der Waals surface area contributed by atoms with Gasteiger partial charge >= 0.3 is 0 Å². The van der Waals surface area contributed by atoms with Gasteiger partial charge in [0.05, 0.1) is 27.4 Å². The number of nitriles is 1. The summed E-state index contributed by atoms with van der Waals surface area (Å²) in [6, 6.07) is 11.9. The Balaban J connectivity index is 1.97. The molecular formula is C16H12Cl2N2O2. The molecular weight excluding hydrogens is 323 g/mol. The quantitative estimate of drug-likeness (QED) is 0.911. The van der Waals surface area contributed by atoms with Crippen LogP contribution in [-0.2, 0) is 4.79 Å². The lowest BCUT2D eigenvalue weighted by molar-refractivity contribution is -0.118. The van der Waals surface area contributed by atoms with Gasteiger partial charge in [-0.05, 0) is 42.8 Å². The largest absolute Gasteiger partial charge is 0.482 e. The monoisotopic (exact) mass is 334 g/mol. The molecule has 2 rings (SSSR count). The Bertz CT molecular complexity index is 754. The van der Waals surface area contributed by atoms with Crippen LogP contribution in [0.2, 0.25) is 10.0 Å². The molecule has 1 N–H and O–H groups in total. The highest BCUT2D eigenvalue weighted by Gasteiger charge is 2.09. The van der Waals surface area contributed by atoms with Gasteiger partial charge in [0.15, 0.2) is 6.61 Å². The third-order valence-electron chi connectivity index (χ3n) is 2.82. The average molecular weight is 335 g/mol.